The van der Waals surface area contributed by atoms with E-state index in [1.165, 1.54) is 4.90 Å². The predicted molar refractivity (Wildman–Crippen MR) is 61.6 cm³/mol. The van der Waals surface area contributed by atoms with Crippen LogP contribution in [-0.2, 0) is 4.79 Å². The summed E-state index contributed by atoms with van der Waals surface area (Å²) >= 11 is 0. The van der Waals surface area contributed by atoms with Gasteiger partial charge in [-0.1, -0.05) is 6.92 Å². The number of rotatable bonds is 4. The summed E-state index contributed by atoms with van der Waals surface area (Å²) < 4.78 is 39.1. The Morgan fingerprint density at radius 2 is 2.11 bits per heavy atom. The second-order valence-electron chi connectivity index (χ2n) is 4.80. The molecule has 0 saturated carbocycles. The van der Waals surface area contributed by atoms with Gasteiger partial charge in [-0.05, 0) is 25.8 Å². The zero-order chi connectivity index (χ0) is 13.9. The van der Waals surface area contributed by atoms with Crippen molar-refractivity contribution in [3.63, 3.8) is 0 Å². The van der Waals surface area contributed by atoms with Gasteiger partial charge in [-0.15, -0.1) is 0 Å². The van der Waals surface area contributed by atoms with Crippen LogP contribution in [0.25, 0.3) is 0 Å². The number of nitrogens with two attached hydrogens (primary N) is 2. The van der Waals surface area contributed by atoms with E-state index in [9.17, 15) is 18.0 Å². The molecule has 18 heavy (non-hydrogen) atoms. The van der Waals surface area contributed by atoms with Gasteiger partial charge in [-0.25, -0.2) is 0 Å². The van der Waals surface area contributed by atoms with Crippen LogP contribution in [0.5, 0.6) is 0 Å². The quantitative estimate of drug-likeness (QED) is 0.793. The fourth-order valence-electron chi connectivity index (χ4n) is 2.44. The van der Waals surface area contributed by atoms with Gasteiger partial charge in [-0.3, -0.25) is 9.69 Å². The molecule has 1 saturated heterocycles. The van der Waals surface area contributed by atoms with Crippen molar-refractivity contribution < 1.29 is 18.0 Å². The Kier molecular flexibility index (Phi) is 4.98. The van der Waals surface area contributed by atoms with E-state index in [4.69, 9.17) is 11.5 Å². The van der Waals surface area contributed by atoms with Crippen LogP contribution in [0.3, 0.4) is 0 Å². The third kappa shape index (κ3) is 3.58. The van der Waals surface area contributed by atoms with Crippen LogP contribution in [0.4, 0.5) is 13.2 Å². The van der Waals surface area contributed by atoms with Gasteiger partial charge in [-0.2, -0.15) is 13.2 Å². The number of carbonyl (C=O) groups is 1. The first kappa shape index (κ1) is 15.2. The van der Waals surface area contributed by atoms with Crippen molar-refractivity contribution in [2.75, 3.05) is 13.1 Å². The minimum atomic E-state index is -4.38. The van der Waals surface area contributed by atoms with Gasteiger partial charge in [0.15, 0.2) is 0 Å². The predicted octanol–water partition coefficient (Wildman–Crippen LogP) is 0.852. The molecule has 1 aliphatic heterocycles. The van der Waals surface area contributed by atoms with E-state index < -0.39 is 30.1 Å². The van der Waals surface area contributed by atoms with Crippen molar-refractivity contribution in [3.8, 4) is 0 Å². The first-order valence-corrected chi connectivity index (χ1v) is 6.13. The Hall–Kier alpha value is -0.820. The van der Waals surface area contributed by atoms with Crippen LogP contribution < -0.4 is 11.5 Å². The largest absolute Gasteiger partial charge is 0.405 e. The molecule has 0 radical (unpaired) electrons. The summed E-state index contributed by atoms with van der Waals surface area (Å²) in [6.07, 6.45) is -3.05. The third-order valence-corrected chi connectivity index (χ3v) is 3.46. The zero-order valence-electron chi connectivity index (χ0n) is 10.4. The molecule has 106 valence electrons. The van der Waals surface area contributed by atoms with Crippen LogP contribution in [0.15, 0.2) is 0 Å². The number of primary amides is 1. The first-order valence-electron chi connectivity index (χ1n) is 6.13. The lowest BCUT2D eigenvalue weighted by Crippen LogP contribution is -2.59. The molecule has 4 nitrogen and oxygen atoms in total. The number of alkyl halides is 3. The SMILES string of the molecule is CCC(N)C(N1CCCC(C(N)=O)C1)C(F)(F)F. The lowest BCUT2D eigenvalue weighted by atomic mass is 9.94. The van der Waals surface area contributed by atoms with Gasteiger partial charge in [0.25, 0.3) is 0 Å². The summed E-state index contributed by atoms with van der Waals surface area (Å²) in [5, 5.41) is 0. The second-order valence-corrected chi connectivity index (χ2v) is 4.80. The molecule has 1 heterocycles. The summed E-state index contributed by atoms with van der Waals surface area (Å²) in [6, 6.07) is -2.67. The van der Waals surface area contributed by atoms with Gasteiger partial charge in [0.2, 0.25) is 5.91 Å². The van der Waals surface area contributed by atoms with E-state index in [2.05, 4.69) is 0 Å². The maximum Gasteiger partial charge on any atom is 0.405 e. The van der Waals surface area contributed by atoms with Crippen LogP contribution in [0, 0.1) is 5.92 Å². The maximum absolute atomic E-state index is 13.0. The Morgan fingerprint density at radius 1 is 1.50 bits per heavy atom. The monoisotopic (exact) mass is 267 g/mol. The van der Waals surface area contributed by atoms with Crippen molar-refractivity contribution in [1.82, 2.24) is 4.90 Å². The minimum absolute atomic E-state index is 0.0488. The zero-order valence-corrected chi connectivity index (χ0v) is 10.4. The molecule has 0 aliphatic carbocycles. The van der Waals surface area contributed by atoms with Crippen molar-refractivity contribution in [2.45, 2.75) is 44.4 Å². The first-order chi connectivity index (χ1) is 8.27. The Balaban J connectivity index is 2.82. The second kappa shape index (κ2) is 5.88. The number of nitrogens with zero attached hydrogens (tertiary/aromatic N) is 1. The Bertz CT molecular complexity index is 296. The molecule has 0 aromatic heterocycles. The number of hydrogen-bond donors (Lipinski definition) is 2. The molecule has 0 spiro atoms. The van der Waals surface area contributed by atoms with E-state index in [0.717, 1.165) is 0 Å². The highest BCUT2D eigenvalue weighted by Crippen LogP contribution is 2.31. The summed E-state index contributed by atoms with van der Waals surface area (Å²) in [4.78, 5) is 12.4. The average Bonchev–Trinajstić information content (AvgIpc) is 2.27. The van der Waals surface area contributed by atoms with Gasteiger partial charge in [0, 0.05) is 12.6 Å². The lowest BCUT2D eigenvalue weighted by molar-refractivity contribution is -0.194. The van der Waals surface area contributed by atoms with Crippen LogP contribution >= 0.6 is 0 Å². The van der Waals surface area contributed by atoms with Gasteiger partial charge < -0.3 is 11.5 Å². The molecule has 1 fully saturated rings. The molecule has 4 N–H and O–H groups in total. The van der Waals surface area contributed by atoms with Crippen LogP contribution in [0.1, 0.15) is 26.2 Å². The fraction of sp³-hybridized carbons (Fsp3) is 0.909. The summed E-state index contributed by atoms with van der Waals surface area (Å²) in [7, 11) is 0. The fourth-order valence-corrected chi connectivity index (χ4v) is 2.44. The highest BCUT2D eigenvalue weighted by atomic mass is 19.4. The highest BCUT2D eigenvalue weighted by molar-refractivity contribution is 5.76. The van der Waals surface area contributed by atoms with Crippen LogP contribution in [-0.4, -0.2) is 42.2 Å². The van der Waals surface area contributed by atoms with E-state index in [1.807, 2.05) is 0 Å². The molecule has 3 unspecified atom stereocenters. The molecule has 0 aromatic rings. The molecule has 7 heteroatoms. The molecule has 0 aromatic carbocycles. The normalized spacial score (nSPS) is 25.7. The van der Waals surface area contributed by atoms with Gasteiger partial charge in [0.1, 0.15) is 6.04 Å². The Labute approximate surface area is 104 Å². The highest BCUT2D eigenvalue weighted by Gasteiger charge is 2.47. The molecular formula is C11H20F3N3O. The molecule has 1 aliphatic rings. The van der Waals surface area contributed by atoms with E-state index in [1.54, 1.807) is 6.92 Å². The van der Waals surface area contributed by atoms with Crippen molar-refractivity contribution >= 4 is 5.91 Å². The molecule has 0 bridgehead atoms. The molecule has 1 amide bonds. The summed E-state index contributed by atoms with van der Waals surface area (Å²) in [5.74, 6) is -1.04. The molecular weight excluding hydrogens is 247 g/mol. The minimum Gasteiger partial charge on any atom is -0.369 e. The number of hydrogen-bond acceptors (Lipinski definition) is 3. The van der Waals surface area contributed by atoms with E-state index in [0.29, 0.717) is 19.4 Å². The molecule has 1 rings (SSSR count). The van der Waals surface area contributed by atoms with Gasteiger partial charge in [0.05, 0.1) is 5.92 Å². The number of amides is 1. The molecule has 3 atom stereocenters. The van der Waals surface area contributed by atoms with Crippen LogP contribution in [0.2, 0.25) is 0 Å². The number of likely N-dealkylation sites (tertiary alicyclic amines) is 1. The standard InChI is InChI=1S/C11H20F3N3O/c1-2-8(15)9(11(12,13)14)17-5-3-4-7(6-17)10(16)18/h7-9H,2-6,15H2,1H3,(H2,16,18). The summed E-state index contributed by atoms with van der Waals surface area (Å²) in [5.41, 5.74) is 10.7. The number of carbonyl (C=O) groups excluding carboxylic acids is 1. The van der Waals surface area contributed by atoms with E-state index >= 15 is 0 Å². The van der Waals surface area contributed by atoms with Gasteiger partial charge >= 0.3 is 6.18 Å². The lowest BCUT2D eigenvalue weighted by Gasteiger charge is -2.40. The third-order valence-electron chi connectivity index (χ3n) is 3.46. The number of piperidine rings is 1. The topological polar surface area (TPSA) is 72.3 Å². The maximum atomic E-state index is 13.0. The van der Waals surface area contributed by atoms with Crippen molar-refractivity contribution in [2.24, 2.45) is 17.4 Å². The number of halogens is 3. The average molecular weight is 267 g/mol. The summed E-state index contributed by atoms with van der Waals surface area (Å²) in [6.45, 7) is 1.98. The van der Waals surface area contributed by atoms with Crippen molar-refractivity contribution in [1.29, 1.82) is 0 Å². The van der Waals surface area contributed by atoms with E-state index in [-0.39, 0.29) is 13.0 Å². The smallest absolute Gasteiger partial charge is 0.369 e. The van der Waals surface area contributed by atoms with Crippen molar-refractivity contribution in [3.05, 3.63) is 0 Å². The Morgan fingerprint density at radius 3 is 2.56 bits per heavy atom.